The molecule has 1 N–H and O–H groups in total. The van der Waals surface area contributed by atoms with Gasteiger partial charge in [-0.2, -0.15) is 0 Å². The molecule has 0 bridgehead atoms. The van der Waals surface area contributed by atoms with Gasteiger partial charge < -0.3 is 5.11 Å². The second-order valence-electron chi connectivity index (χ2n) is 4.11. The molecular formula is C8H14ClNO3S. The monoisotopic (exact) mass is 239 g/mol. The summed E-state index contributed by atoms with van der Waals surface area (Å²) in [6.45, 7) is 0.984. The maximum atomic E-state index is 11.5. The van der Waals surface area contributed by atoms with E-state index in [1.165, 1.54) is 4.31 Å². The number of hydrogen-bond acceptors (Lipinski definition) is 3. The molecule has 14 heavy (non-hydrogen) atoms. The molecule has 2 aliphatic rings. The van der Waals surface area contributed by atoms with Crippen molar-refractivity contribution in [2.75, 3.05) is 18.3 Å². The summed E-state index contributed by atoms with van der Waals surface area (Å²) in [5, 5.41) is 9.24. The maximum absolute atomic E-state index is 11.5. The van der Waals surface area contributed by atoms with Crippen LogP contribution in [0.2, 0.25) is 0 Å². The highest BCUT2D eigenvalue weighted by Crippen LogP contribution is 2.39. The van der Waals surface area contributed by atoms with Gasteiger partial charge in [-0.25, -0.2) is 12.7 Å². The summed E-state index contributed by atoms with van der Waals surface area (Å²) in [5.74, 6) is 0.469. The van der Waals surface area contributed by atoms with E-state index in [1.54, 1.807) is 0 Å². The van der Waals surface area contributed by atoms with Crippen molar-refractivity contribution in [3.05, 3.63) is 0 Å². The average molecular weight is 240 g/mol. The molecule has 82 valence electrons. The van der Waals surface area contributed by atoms with E-state index in [9.17, 15) is 13.5 Å². The Balaban J connectivity index is 2.09. The Morgan fingerprint density at radius 3 is 2.64 bits per heavy atom. The van der Waals surface area contributed by atoms with Gasteiger partial charge in [0.15, 0.2) is 0 Å². The van der Waals surface area contributed by atoms with Crippen LogP contribution in [0, 0.1) is 11.8 Å². The highest BCUT2D eigenvalue weighted by molar-refractivity contribution is 7.90. The fraction of sp³-hybridized carbons (Fsp3) is 1.00. The van der Waals surface area contributed by atoms with E-state index in [-0.39, 0.29) is 17.2 Å². The fourth-order valence-corrected chi connectivity index (χ4v) is 3.86. The minimum absolute atomic E-state index is 0.132. The molecule has 1 saturated carbocycles. The number of rotatable bonds is 2. The summed E-state index contributed by atoms with van der Waals surface area (Å²) in [7, 11) is -3.28. The smallest absolute Gasteiger partial charge is 0.228 e. The lowest BCUT2D eigenvalue weighted by Gasteiger charge is -2.16. The van der Waals surface area contributed by atoms with Crippen molar-refractivity contribution in [1.29, 1.82) is 0 Å². The summed E-state index contributed by atoms with van der Waals surface area (Å²) < 4.78 is 24.3. The molecule has 1 heterocycles. The Morgan fingerprint density at radius 2 is 2.07 bits per heavy atom. The van der Waals surface area contributed by atoms with Crippen molar-refractivity contribution in [1.82, 2.24) is 4.31 Å². The molecule has 6 heteroatoms. The Bertz CT molecular complexity index is 319. The number of hydrogen-bond donors (Lipinski definition) is 1. The van der Waals surface area contributed by atoms with Crippen molar-refractivity contribution in [3.8, 4) is 0 Å². The van der Waals surface area contributed by atoms with Crippen LogP contribution < -0.4 is 0 Å². The molecule has 1 aliphatic carbocycles. The second-order valence-corrected chi connectivity index (χ2v) is 6.66. The Morgan fingerprint density at radius 1 is 1.36 bits per heavy atom. The van der Waals surface area contributed by atoms with Crippen molar-refractivity contribution in [3.63, 3.8) is 0 Å². The summed E-state index contributed by atoms with van der Waals surface area (Å²) in [4.78, 5) is 0. The summed E-state index contributed by atoms with van der Waals surface area (Å²) in [5.41, 5.74) is 0. The fourth-order valence-electron chi connectivity index (χ4n) is 2.49. The van der Waals surface area contributed by atoms with Crippen LogP contribution >= 0.6 is 11.6 Å². The quantitative estimate of drug-likeness (QED) is 0.702. The van der Waals surface area contributed by atoms with Crippen LogP contribution in [-0.4, -0.2) is 42.2 Å². The lowest BCUT2D eigenvalue weighted by molar-refractivity contribution is 0.129. The van der Waals surface area contributed by atoms with Gasteiger partial charge in [0.25, 0.3) is 0 Å². The molecule has 1 saturated heterocycles. The lowest BCUT2D eigenvalue weighted by Crippen LogP contribution is -2.31. The van der Waals surface area contributed by atoms with E-state index >= 15 is 0 Å². The van der Waals surface area contributed by atoms with Gasteiger partial charge in [0.1, 0.15) is 5.21 Å². The second kappa shape index (κ2) is 3.63. The van der Waals surface area contributed by atoms with Crippen molar-refractivity contribution in [2.45, 2.75) is 18.9 Å². The molecule has 3 unspecified atom stereocenters. The van der Waals surface area contributed by atoms with Gasteiger partial charge in [0.2, 0.25) is 10.0 Å². The van der Waals surface area contributed by atoms with Crippen LogP contribution in [0.5, 0.6) is 0 Å². The van der Waals surface area contributed by atoms with E-state index in [4.69, 9.17) is 11.6 Å². The highest BCUT2D eigenvalue weighted by atomic mass is 35.5. The van der Waals surface area contributed by atoms with Crippen molar-refractivity contribution in [2.24, 2.45) is 11.8 Å². The first-order valence-corrected chi connectivity index (χ1v) is 6.91. The minimum atomic E-state index is -3.28. The van der Waals surface area contributed by atoms with Gasteiger partial charge >= 0.3 is 0 Å². The molecule has 0 aromatic carbocycles. The highest BCUT2D eigenvalue weighted by Gasteiger charge is 2.45. The summed E-state index contributed by atoms with van der Waals surface area (Å²) in [6, 6.07) is 0. The maximum Gasteiger partial charge on any atom is 0.228 e. The average Bonchev–Trinajstić information content (AvgIpc) is 2.69. The Hall–Kier alpha value is 0.160. The van der Waals surface area contributed by atoms with E-state index < -0.39 is 10.0 Å². The Labute approximate surface area is 88.9 Å². The molecule has 0 amide bonds. The molecule has 0 spiro atoms. The van der Waals surface area contributed by atoms with Gasteiger partial charge in [-0.05, 0) is 18.8 Å². The van der Waals surface area contributed by atoms with Gasteiger partial charge in [-0.3, -0.25) is 0 Å². The molecule has 0 aromatic heterocycles. The predicted molar refractivity (Wildman–Crippen MR) is 53.4 cm³/mol. The van der Waals surface area contributed by atoms with Gasteiger partial charge in [-0.15, -0.1) is 11.6 Å². The standard InChI is InChI=1S/C8H14ClNO3S/c9-5-14(12,13)10-3-6-1-2-8(11)7(6)4-10/h6-8,11H,1-5H2. The molecule has 1 aliphatic heterocycles. The molecular weight excluding hydrogens is 226 g/mol. The molecule has 0 radical (unpaired) electrons. The molecule has 4 nitrogen and oxygen atoms in total. The van der Waals surface area contributed by atoms with E-state index in [0.29, 0.717) is 19.0 Å². The van der Waals surface area contributed by atoms with Gasteiger partial charge in [-0.1, -0.05) is 0 Å². The van der Waals surface area contributed by atoms with Gasteiger partial charge in [0.05, 0.1) is 6.10 Å². The van der Waals surface area contributed by atoms with Crippen molar-refractivity contribution >= 4 is 21.6 Å². The lowest BCUT2D eigenvalue weighted by atomic mass is 10.00. The van der Waals surface area contributed by atoms with Crippen LogP contribution in [0.15, 0.2) is 0 Å². The van der Waals surface area contributed by atoms with Crippen LogP contribution in [0.4, 0.5) is 0 Å². The van der Waals surface area contributed by atoms with Crippen molar-refractivity contribution < 1.29 is 13.5 Å². The topological polar surface area (TPSA) is 57.6 Å². The molecule has 3 atom stereocenters. The van der Waals surface area contributed by atoms with E-state index in [1.807, 2.05) is 0 Å². The summed E-state index contributed by atoms with van der Waals surface area (Å²) >= 11 is 5.37. The number of nitrogens with zero attached hydrogens (tertiary/aromatic N) is 1. The third kappa shape index (κ3) is 1.66. The number of halogens is 1. The number of alkyl halides is 1. The van der Waals surface area contributed by atoms with Crippen LogP contribution in [0.25, 0.3) is 0 Å². The normalized spacial score (nSPS) is 38.9. The zero-order chi connectivity index (χ0) is 10.3. The third-order valence-electron chi connectivity index (χ3n) is 3.32. The number of aliphatic hydroxyl groups is 1. The third-order valence-corrected chi connectivity index (χ3v) is 5.50. The zero-order valence-electron chi connectivity index (χ0n) is 7.76. The first kappa shape index (κ1) is 10.7. The molecule has 2 rings (SSSR count). The van der Waals surface area contributed by atoms with E-state index in [0.717, 1.165) is 12.8 Å². The largest absolute Gasteiger partial charge is 0.393 e. The minimum Gasteiger partial charge on any atom is -0.393 e. The number of fused-ring (bicyclic) bond motifs is 1. The van der Waals surface area contributed by atoms with Gasteiger partial charge in [0, 0.05) is 19.0 Å². The summed E-state index contributed by atoms with van der Waals surface area (Å²) in [6.07, 6.45) is 1.42. The van der Waals surface area contributed by atoms with E-state index in [2.05, 4.69) is 0 Å². The molecule has 0 aromatic rings. The predicted octanol–water partition coefficient (Wildman–Crippen LogP) is 0.215. The van der Waals surface area contributed by atoms with Crippen LogP contribution in [0.3, 0.4) is 0 Å². The SMILES string of the molecule is O=S(=O)(CCl)N1CC2CCC(O)C2C1. The first-order valence-electron chi connectivity index (χ1n) is 4.76. The molecule has 2 fully saturated rings. The number of sulfonamides is 1. The zero-order valence-corrected chi connectivity index (χ0v) is 9.34. The number of aliphatic hydroxyl groups excluding tert-OH is 1. The van der Waals surface area contributed by atoms with Crippen LogP contribution in [0.1, 0.15) is 12.8 Å². The Kier molecular flexibility index (Phi) is 2.76. The van der Waals surface area contributed by atoms with Crippen LogP contribution in [-0.2, 0) is 10.0 Å². The first-order chi connectivity index (χ1) is 6.54.